The summed E-state index contributed by atoms with van der Waals surface area (Å²) in [4.78, 5) is 23.6. The van der Waals surface area contributed by atoms with E-state index < -0.39 is 29.4 Å². The summed E-state index contributed by atoms with van der Waals surface area (Å²) in [6, 6.07) is -0.530. The summed E-state index contributed by atoms with van der Waals surface area (Å²) in [5.41, 5.74) is -1.93. The van der Waals surface area contributed by atoms with E-state index in [2.05, 4.69) is 5.32 Å². The van der Waals surface area contributed by atoms with Gasteiger partial charge in [0.2, 0.25) is 0 Å². The standard InChI is InChI=1S/C12H22N2O5/c1-11(2,3)19-9(15)13-8-5-6-14(10(16)17)7-12(8,4)18/h8,18H,5-7H2,1-4H3,(H,13,15)(H,16,17)/t8-,12-/m1/s1. The fraction of sp³-hybridized carbons (Fsp3) is 0.833. The van der Waals surface area contributed by atoms with Crippen molar-refractivity contribution in [2.24, 2.45) is 0 Å². The number of carbonyl (C=O) groups excluding carboxylic acids is 1. The Morgan fingerprint density at radius 3 is 2.42 bits per heavy atom. The number of alkyl carbamates (subject to hydrolysis) is 1. The molecule has 1 aliphatic rings. The molecule has 110 valence electrons. The lowest BCUT2D eigenvalue weighted by atomic mass is 9.89. The molecule has 1 fully saturated rings. The Kier molecular flexibility index (Phi) is 4.29. The number of ether oxygens (including phenoxy) is 1. The van der Waals surface area contributed by atoms with E-state index in [1.54, 1.807) is 20.8 Å². The van der Waals surface area contributed by atoms with Crippen molar-refractivity contribution in [3.63, 3.8) is 0 Å². The van der Waals surface area contributed by atoms with E-state index in [1.807, 2.05) is 0 Å². The maximum atomic E-state index is 11.7. The number of nitrogens with one attached hydrogen (secondary N) is 1. The zero-order valence-electron chi connectivity index (χ0n) is 11.8. The van der Waals surface area contributed by atoms with Crippen molar-refractivity contribution in [3.8, 4) is 0 Å². The van der Waals surface area contributed by atoms with Gasteiger partial charge in [0.05, 0.1) is 18.2 Å². The second-order valence-electron chi connectivity index (χ2n) is 6.05. The summed E-state index contributed by atoms with van der Waals surface area (Å²) in [6.45, 7) is 6.98. The molecule has 7 heteroatoms. The van der Waals surface area contributed by atoms with Crippen LogP contribution in [0.15, 0.2) is 0 Å². The SMILES string of the molecule is CC(C)(C)OC(=O)N[C@@H]1CCN(C(=O)O)C[C@@]1(C)O. The average Bonchev–Trinajstić information content (AvgIpc) is 2.17. The van der Waals surface area contributed by atoms with Gasteiger partial charge < -0.3 is 25.2 Å². The van der Waals surface area contributed by atoms with Gasteiger partial charge in [0.1, 0.15) is 5.60 Å². The van der Waals surface area contributed by atoms with Crippen LogP contribution in [-0.4, -0.2) is 57.6 Å². The molecule has 3 N–H and O–H groups in total. The summed E-state index contributed by atoms with van der Waals surface area (Å²) in [5.74, 6) is 0. The molecule has 0 aromatic heterocycles. The highest BCUT2D eigenvalue weighted by Crippen LogP contribution is 2.22. The maximum Gasteiger partial charge on any atom is 0.407 e. The van der Waals surface area contributed by atoms with Crippen LogP contribution in [0.3, 0.4) is 0 Å². The third kappa shape index (κ3) is 4.59. The number of piperidine rings is 1. The van der Waals surface area contributed by atoms with Gasteiger partial charge >= 0.3 is 12.2 Å². The number of hydrogen-bond donors (Lipinski definition) is 3. The van der Waals surface area contributed by atoms with Crippen LogP contribution >= 0.6 is 0 Å². The Hall–Kier alpha value is -1.50. The van der Waals surface area contributed by atoms with E-state index in [9.17, 15) is 14.7 Å². The molecule has 1 aliphatic heterocycles. The van der Waals surface area contributed by atoms with Crippen LogP contribution in [0.4, 0.5) is 9.59 Å². The van der Waals surface area contributed by atoms with Crippen molar-refractivity contribution in [2.45, 2.75) is 51.4 Å². The Balaban J connectivity index is 2.60. The van der Waals surface area contributed by atoms with Crippen molar-refractivity contribution < 1.29 is 24.5 Å². The molecular formula is C12H22N2O5. The third-order valence-electron chi connectivity index (χ3n) is 2.91. The van der Waals surface area contributed by atoms with Crippen LogP contribution in [-0.2, 0) is 4.74 Å². The number of amides is 2. The molecule has 7 nitrogen and oxygen atoms in total. The van der Waals surface area contributed by atoms with Gasteiger partial charge in [0.15, 0.2) is 0 Å². The Morgan fingerprint density at radius 1 is 1.42 bits per heavy atom. The lowest BCUT2D eigenvalue weighted by Crippen LogP contribution is -2.62. The zero-order valence-corrected chi connectivity index (χ0v) is 11.8. The number of aliphatic hydroxyl groups is 1. The largest absolute Gasteiger partial charge is 0.465 e. The summed E-state index contributed by atoms with van der Waals surface area (Å²) in [6.07, 6.45) is -1.34. The van der Waals surface area contributed by atoms with Gasteiger partial charge in [-0.05, 0) is 34.1 Å². The summed E-state index contributed by atoms with van der Waals surface area (Å²) >= 11 is 0. The minimum absolute atomic E-state index is 0.0389. The highest BCUT2D eigenvalue weighted by Gasteiger charge is 2.41. The lowest BCUT2D eigenvalue weighted by Gasteiger charge is -2.42. The van der Waals surface area contributed by atoms with Crippen molar-refractivity contribution in [1.82, 2.24) is 10.2 Å². The lowest BCUT2D eigenvalue weighted by molar-refractivity contribution is -0.0401. The van der Waals surface area contributed by atoms with E-state index >= 15 is 0 Å². The number of carbonyl (C=O) groups is 2. The highest BCUT2D eigenvalue weighted by molar-refractivity contribution is 5.69. The molecule has 0 bridgehead atoms. The second kappa shape index (κ2) is 5.24. The molecule has 2 amide bonds. The Morgan fingerprint density at radius 2 is 2.00 bits per heavy atom. The number of rotatable bonds is 1. The first-order chi connectivity index (χ1) is 8.51. The van der Waals surface area contributed by atoms with Crippen LogP contribution in [0.1, 0.15) is 34.1 Å². The number of nitrogens with zero attached hydrogens (tertiary/aromatic N) is 1. The number of β-amino-alcohol motifs (C(OH)–C–C–N with tert-alkyl or cyclic N) is 1. The number of likely N-dealkylation sites (tertiary alicyclic amines) is 1. The fourth-order valence-corrected chi connectivity index (χ4v) is 2.01. The monoisotopic (exact) mass is 274 g/mol. The molecule has 2 atom stereocenters. The van der Waals surface area contributed by atoms with Crippen molar-refractivity contribution in [2.75, 3.05) is 13.1 Å². The molecule has 1 rings (SSSR count). The van der Waals surface area contributed by atoms with Gasteiger partial charge in [-0.25, -0.2) is 9.59 Å². The summed E-state index contributed by atoms with van der Waals surface area (Å²) in [5, 5.41) is 21.7. The topological polar surface area (TPSA) is 99.1 Å². The van der Waals surface area contributed by atoms with Gasteiger partial charge in [0.25, 0.3) is 0 Å². The van der Waals surface area contributed by atoms with Gasteiger partial charge in [-0.3, -0.25) is 0 Å². The van der Waals surface area contributed by atoms with E-state index in [1.165, 1.54) is 6.92 Å². The van der Waals surface area contributed by atoms with Crippen molar-refractivity contribution >= 4 is 12.2 Å². The predicted molar refractivity (Wildman–Crippen MR) is 68.0 cm³/mol. The predicted octanol–water partition coefficient (Wildman–Crippen LogP) is 1.01. The summed E-state index contributed by atoms with van der Waals surface area (Å²) in [7, 11) is 0. The van der Waals surface area contributed by atoms with Crippen LogP contribution in [0.25, 0.3) is 0 Å². The minimum Gasteiger partial charge on any atom is -0.465 e. The van der Waals surface area contributed by atoms with E-state index in [-0.39, 0.29) is 13.1 Å². The molecule has 0 radical (unpaired) electrons. The van der Waals surface area contributed by atoms with Crippen LogP contribution in [0.2, 0.25) is 0 Å². The molecule has 19 heavy (non-hydrogen) atoms. The fourth-order valence-electron chi connectivity index (χ4n) is 2.01. The second-order valence-corrected chi connectivity index (χ2v) is 6.05. The van der Waals surface area contributed by atoms with Gasteiger partial charge in [0, 0.05) is 6.54 Å². The molecular weight excluding hydrogens is 252 g/mol. The van der Waals surface area contributed by atoms with Crippen LogP contribution in [0.5, 0.6) is 0 Å². The zero-order chi connectivity index (χ0) is 14.8. The molecule has 0 spiro atoms. The third-order valence-corrected chi connectivity index (χ3v) is 2.91. The van der Waals surface area contributed by atoms with Gasteiger partial charge in [-0.1, -0.05) is 0 Å². The smallest absolute Gasteiger partial charge is 0.407 e. The molecule has 0 saturated carbocycles. The first kappa shape index (κ1) is 15.6. The maximum absolute atomic E-state index is 11.7. The van der Waals surface area contributed by atoms with Crippen LogP contribution < -0.4 is 5.32 Å². The average molecular weight is 274 g/mol. The first-order valence-corrected chi connectivity index (χ1v) is 6.21. The molecule has 0 aromatic rings. The van der Waals surface area contributed by atoms with Crippen molar-refractivity contribution in [1.29, 1.82) is 0 Å². The van der Waals surface area contributed by atoms with Gasteiger partial charge in [-0.15, -0.1) is 0 Å². The normalized spacial score (nSPS) is 27.8. The van der Waals surface area contributed by atoms with Crippen molar-refractivity contribution in [3.05, 3.63) is 0 Å². The van der Waals surface area contributed by atoms with E-state index in [0.717, 1.165) is 4.90 Å². The van der Waals surface area contributed by atoms with Crippen LogP contribution in [0, 0.1) is 0 Å². The van der Waals surface area contributed by atoms with E-state index in [4.69, 9.17) is 9.84 Å². The number of carboxylic acid groups (broad SMARTS) is 1. The summed E-state index contributed by atoms with van der Waals surface area (Å²) < 4.78 is 5.12. The quantitative estimate of drug-likeness (QED) is 0.663. The molecule has 0 aliphatic carbocycles. The minimum atomic E-state index is -1.31. The van der Waals surface area contributed by atoms with Gasteiger partial charge in [-0.2, -0.15) is 0 Å². The highest BCUT2D eigenvalue weighted by atomic mass is 16.6. The van der Waals surface area contributed by atoms with E-state index in [0.29, 0.717) is 6.42 Å². The Labute approximate surface area is 112 Å². The first-order valence-electron chi connectivity index (χ1n) is 6.21. The molecule has 0 aromatic carbocycles. The number of hydrogen-bond acceptors (Lipinski definition) is 4. The molecule has 1 heterocycles. The molecule has 1 saturated heterocycles. The molecule has 0 unspecified atom stereocenters. The Bertz CT molecular complexity index is 362.